The van der Waals surface area contributed by atoms with Gasteiger partial charge in [0.15, 0.2) is 0 Å². The highest BCUT2D eigenvalue weighted by Crippen LogP contribution is 2.35. The maximum atomic E-state index is 13.9. The van der Waals surface area contributed by atoms with Gasteiger partial charge in [0.1, 0.15) is 5.82 Å². The van der Waals surface area contributed by atoms with Crippen molar-refractivity contribution in [3.8, 4) is 0 Å². The van der Waals surface area contributed by atoms with Gasteiger partial charge in [-0.15, -0.1) is 0 Å². The van der Waals surface area contributed by atoms with Crippen LogP contribution in [-0.2, 0) is 17.3 Å². The van der Waals surface area contributed by atoms with Gasteiger partial charge in [-0.25, -0.2) is 4.39 Å². The fourth-order valence-electron chi connectivity index (χ4n) is 2.41. The summed E-state index contributed by atoms with van der Waals surface area (Å²) < 4.78 is 57.8. The minimum absolute atomic E-state index is 0.0125. The molecule has 0 radical (unpaired) electrons. The van der Waals surface area contributed by atoms with Gasteiger partial charge in [0.2, 0.25) is 0 Å². The molecular formula is C14H16ClF4NO. The van der Waals surface area contributed by atoms with Crippen LogP contribution in [-0.4, -0.2) is 37.7 Å². The Kier molecular flexibility index (Phi) is 5.46. The molecule has 21 heavy (non-hydrogen) atoms. The van der Waals surface area contributed by atoms with Crippen LogP contribution in [0.4, 0.5) is 17.6 Å². The minimum atomic E-state index is -4.57. The highest BCUT2D eigenvalue weighted by Gasteiger charge is 2.34. The van der Waals surface area contributed by atoms with Crippen molar-refractivity contribution in [1.82, 2.24) is 4.90 Å². The molecular weight excluding hydrogens is 310 g/mol. The number of ether oxygens (including phenoxy) is 1. The molecule has 1 aliphatic heterocycles. The number of benzene rings is 1. The van der Waals surface area contributed by atoms with Crippen LogP contribution in [0.5, 0.6) is 0 Å². The Balaban J connectivity index is 2.05. The molecule has 1 fully saturated rings. The van der Waals surface area contributed by atoms with Crippen molar-refractivity contribution >= 4 is 11.6 Å². The normalized spacial score (nSPS) is 17.2. The van der Waals surface area contributed by atoms with Crippen molar-refractivity contribution < 1.29 is 22.3 Å². The maximum absolute atomic E-state index is 13.9. The molecule has 2 rings (SSSR count). The van der Waals surface area contributed by atoms with Gasteiger partial charge in [0.05, 0.1) is 23.8 Å². The first-order valence-corrected chi connectivity index (χ1v) is 7.11. The molecule has 0 saturated carbocycles. The topological polar surface area (TPSA) is 12.5 Å². The van der Waals surface area contributed by atoms with Gasteiger partial charge in [-0.05, 0) is 31.5 Å². The Bertz CT molecular complexity index is 487. The fourth-order valence-corrected chi connectivity index (χ4v) is 2.58. The van der Waals surface area contributed by atoms with Gasteiger partial charge in [-0.1, -0.05) is 11.6 Å². The summed E-state index contributed by atoms with van der Waals surface area (Å²) in [6.07, 6.45) is -4.11. The van der Waals surface area contributed by atoms with Crippen LogP contribution >= 0.6 is 11.6 Å². The lowest BCUT2D eigenvalue weighted by Crippen LogP contribution is -2.37. The number of alkyl halides is 3. The van der Waals surface area contributed by atoms with Crippen LogP contribution < -0.4 is 0 Å². The van der Waals surface area contributed by atoms with Gasteiger partial charge in [-0.3, -0.25) is 4.90 Å². The largest absolute Gasteiger partial charge is 0.416 e. The fraction of sp³-hybridized carbons (Fsp3) is 0.571. The van der Waals surface area contributed by atoms with E-state index in [0.29, 0.717) is 26.2 Å². The molecule has 0 aromatic heterocycles. The van der Waals surface area contributed by atoms with Crippen molar-refractivity contribution in [2.24, 2.45) is 0 Å². The van der Waals surface area contributed by atoms with Crippen LogP contribution in [0.15, 0.2) is 12.1 Å². The van der Waals surface area contributed by atoms with Gasteiger partial charge in [-0.2, -0.15) is 13.2 Å². The Morgan fingerprint density at radius 2 is 1.86 bits per heavy atom. The standard InChI is InChI=1S/C14H16ClF4NO/c15-12-4-3-11(14(17,18)19)10(13(12)16)2-1-5-20-6-8-21-9-7-20/h3-4H,1-2,5-9H2. The van der Waals surface area contributed by atoms with E-state index in [2.05, 4.69) is 4.90 Å². The molecule has 0 atom stereocenters. The van der Waals surface area contributed by atoms with Gasteiger partial charge < -0.3 is 4.74 Å². The monoisotopic (exact) mass is 325 g/mol. The van der Waals surface area contributed by atoms with Crippen molar-refractivity contribution in [3.63, 3.8) is 0 Å². The van der Waals surface area contributed by atoms with Gasteiger partial charge >= 0.3 is 6.18 Å². The molecule has 0 spiro atoms. The van der Waals surface area contributed by atoms with Crippen molar-refractivity contribution in [2.45, 2.75) is 19.0 Å². The lowest BCUT2D eigenvalue weighted by molar-refractivity contribution is -0.138. The van der Waals surface area contributed by atoms with E-state index in [1.165, 1.54) is 0 Å². The molecule has 0 amide bonds. The molecule has 0 N–H and O–H groups in total. The number of halogens is 5. The Morgan fingerprint density at radius 3 is 2.48 bits per heavy atom. The van der Waals surface area contributed by atoms with Crippen molar-refractivity contribution in [1.29, 1.82) is 0 Å². The number of hydrogen-bond donors (Lipinski definition) is 0. The van der Waals surface area contributed by atoms with E-state index in [1.54, 1.807) is 0 Å². The maximum Gasteiger partial charge on any atom is 0.416 e. The van der Waals surface area contributed by atoms with E-state index in [0.717, 1.165) is 25.2 Å². The molecule has 1 aromatic carbocycles. The zero-order chi connectivity index (χ0) is 15.5. The molecule has 1 aliphatic rings. The Morgan fingerprint density at radius 1 is 1.19 bits per heavy atom. The van der Waals surface area contributed by atoms with Crippen LogP contribution in [0.2, 0.25) is 5.02 Å². The third kappa shape index (κ3) is 4.31. The average Bonchev–Trinajstić information content (AvgIpc) is 2.43. The zero-order valence-electron chi connectivity index (χ0n) is 11.3. The summed E-state index contributed by atoms with van der Waals surface area (Å²) >= 11 is 5.59. The SMILES string of the molecule is Fc1c(Cl)ccc(C(F)(F)F)c1CCCN1CCOCC1. The van der Waals surface area contributed by atoms with Gasteiger partial charge in [0.25, 0.3) is 0 Å². The Labute approximate surface area is 125 Å². The zero-order valence-corrected chi connectivity index (χ0v) is 12.1. The first-order valence-electron chi connectivity index (χ1n) is 6.74. The lowest BCUT2D eigenvalue weighted by Gasteiger charge is -2.26. The highest BCUT2D eigenvalue weighted by molar-refractivity contribution is 6.30. The van der Waals surface area contributed by atoms with E-state index in [4.69, 9.17) is 16.3 Å². The summed E-state index contributed by atoms with van der Waals surface area (Å²) in [5.74, 6) is -0.964. The van der Waals surface area contributed by atoms with E-state index in [9.17, 15) is 17.6 Å². The van der Waals surface area contributed by atoms with Crippen LogP contribution in [0.25, 0.3) is 0 Å². The van der Waals surface area contributed by atoms with Crippen molar-refractivity contribution in [2.75, 3.05) is 32.8 Å². The third-order valence-electron chi connectivity index (χ3n) is 3.51. The van der Waals surface area contributed by atoms with Crippen LogP contribution in [0.3, 0.4) is 0 Å². The second-order valence-corrected chi connectivity index (χ2v) is 5.35. The summed E-state index contributed by atoms with van der Waals surface area (Å²) in [5.41, 5.74) is -1.28. The number of hydrogen-bond acceptors (Lipinski definition) is 2. The predicted octanol–water partition coefficient (Wildman–Crippen LogP) is 3.76. The van der Waals surface area contributed by atoms with Crippen molar-refractivity contribution in [3.05, 3.63) is 34.1 Å². The third-order valence-corrected chi connectivity index (χ3v) is 3.80. The molecule has 1 aromatic rings. The smallest absolute Gasteiger partial charge is 0.379 e. The lowest BCUT2D eigenvalue weighted by atomic mass is 10.0. The highest BCUT2D eigenvalue weighted by atomic mass is 35.5. The predicted molar refractivity (Wildman–Crippen MR) is 72.0 cm³/mol. The molecule has 1 heterocycles. The second-order valence-electron chi connectivity index (χ2n) is 4.94. The van der Waals surface area contributed by atoms with E-state index in [-0.39, 0.29) is 17.0 Å². The molecule has 7 heteroatoms. The summed E-state index contributed by atoms with van der Waals surface area (Å²) in [4.78, 5) is 2.10. The van der Waals surface area contributed by atoms with E-state index >= 15 is 0 Å². The minimum Gasteiger partial charge on any atom is -0.379 e. The molecule has 0 unspecified atom stereocenters. The molecule has 118 valence electrons. The Hall–Kier alpha value is -0.850. The van der Waals surface area contributed by atoms with Crippen LogP contribution in [0.1, 0.15) is 17.5 Å². The number of morpholine rings is 1. The summed E-state index contributed by atoms with van der Waals surface area (Å²) in [6.45, 7) is 3.37. The van der Waals surface area contributed by atoms with Gasteiger partial charge in [0, 0.05) is 18.7 Å². The van der Waals surface area contributed by atoms with Crippen LogP contribution in [0, 0.1) is 5.82 Å². The number of nitrogens with zero attached hydrogens (tertiary/aromatic N) is 1. The summed E-state index contributed by atoms with van der Waals surface area (Å²) in [6, 6.07) is 1.79. The molecule has 0 bridgehead atoms. The quantitative estimate of drug-likeness (QED) is 0.782. The average molecular weight is 326 g/mol. The molecule has 0 aliphatic carbocycles. The first kappa shape index (κ1) is 16.5. The second kappa shape index (κ2) is 6.94. The summed E-state index contributed by atoms with van der Waals surface area (Å²) in [5, 5.41) is -0.274. The number of rotatable bonds is 4. The molecule has 2 nitrogen and oxygen atoms in total. The van der Waals surface area contributed by atoms with E-state index in [1.807, 2.05) is 0 Å². The van der Waals surface area contributed by atoms with E-state index < -0.39 is 17.6 Å². The molecule has 1 saturated heterocycles. The summed E-state index contributed by atoms with van der Waals surface area (Å²) in [7, 11) is 0. The first-order chi connectivity index (χ1) is 9.89.